The van der Waals surface area contributed by atoms with E-state index < -0.39 is 11.9 Å². The molecule has 0 spiro atoms. The van der Waals surface area contributed by atoms with Gasteiger partial charge in [-0.1, -0.05) is 0 Å². The van der Waals surface area contributed by atoms with Gasteiger partial charge in [-0.2, -0.15) is 0 Å². The Morgan fingerprint density at radius 2 is 1.82 bits per heavy atom. The van der Waals surface area contributed by atoms with Gasteiger partial charge in [-0.25, -0.2) is 4.79 Å². The van der Waals surface area contributed by atoms with Crippen LogP contribution in [0.2, 0.25) is 0 Å². The minimum Gasteiger partial charge on any atom is -0.544 e. The van der Waals surface area contributed by atoms with Gasteiger partial charge in [0.25, 0.3) is 0 Å². The van der Waals surface area contributed by atoms with Crippen LogP contribution in [0.15, 0.2) is 0 Å². The summed E-state index contributed by atoms with van der Waals surface area (Å²) < 4.78 is -0.0995. The molecule has 0 bridgehead atoms. The van der Waals surface area contributed by atoms with Crippen LogP contribution in [0.4, 0.5) is 0 Å². The highest BCUT2D eigenvalue weighted by Gasteiger charge is 2.18. The van der Waals surface area contributed by atoms with Crippen molar-refractivity contribution < 1.29 is 24.3 Å². The Balaban J connectivity index is 3.99. The van der Waals surface area contributed by atoms with E-state index in [2.05, 4.69) is 0 Å². The van der Waals surface area contributed by atoms with Crippen LogP contribution in [0.3, 0.4) is 0 Å². The SMILES string of the molecule is C[N+](C)(CC(=O)[O-])CC(=O)O. The zero-order chi connectivity index (χ0) is 9.07. The molecule has 0 aliphatic rings. The maximum absolute atomic E-state index is 10.2. The van der Waals surface area contributed by atoms with Gasteiger partial charge < -0.3 is 19.5 Å². The standard InChI is InChI=1S/C6H11NO4/c1-7(2,3-5(8)9)4-6(10)11/h3-4H2,1-2H3,(H-,8,9,10,11). The van der Waals surface area contributed by atoms with Crippen molar-refractivity contribution in [2.24, 2.45) is 0 Å². The van der Waals surface area contributed by atoms with Gasteiger partial charge >= 0.3 is 5.97 Å². The number of carbonyl (C=O) groups is 2. The Kier molecular flexibility index (Phi) is 3.00. The average Bonchev–Trinajstić information content (AvgIpc) is 1.53. The number of quaternary nitrogens is 1. The lowest BCUT2D eigenvalue weighted by molar-refractivity contribution is -0.877. The van der Waals surface area contributed by atoms with Gasteiger partial charge in [-0.3, -0.25) is 0 Å². The molecular weight excluding hydrogens is 150 g/mol. The maximum atomic E-state index is 10.2. The number of hydrogen-bond acceptors (Lipinski definition) is 3. The monoisotopic (exact) mass is 161 g/mol. The molecule has 64 valence electrons. The van der Waals surface area contributed by atoms with Gasteiger partial charge in [-0.15, -0.1) is 0 Å². The van der Waals surface area contributed by atoms with Crippen molar-refractivity contribution >= 4 is 11.9 Å². The van der Waals surface area contributed by atoms with Crippen molar-refractivity contribution in [2.45, 2.75) is 0 Å². The number of rotatable bonds is 4. The van der Waals surface area contributed by atoms with Gasteiger partial charge in [0.15, 0.2) is 6.54 Å². The predicted molar refractivity (Wildman–Crippen MR) is 34.5 cm³/mol. The van der Waals surface area contributed by atoms with E-state index in [1.165, 1.54) is 14.1 Å². The van der Waals surface area contributed by atoms with Crippen LogP contribution in [0.1, 0.15) is 0 Å². The zero-order valence-electron chi connectivity index (χ0n) is 6.53. The van der Waals surface area contributed by atoms with E-state index >= 15 is 0 Å². The Bertz CT molecular complexity index is 157. The summed E-state index contributed by atoms with van der Waals surface area (Å²) in [5, 5.41) is 18.4. The van der Waals surface area contributed by atoms with Gasteiger partial charge in [-0.05, 0) is 0 Å². The minimum atomic E-state index is -1.24. The van der Waals surface area contributed by atoms with Crippen molar-refractivity contribution in [2.75, 3.05) is 27.2 Å². The molecule has 5 nitrogen and oxygen atoms in total. The third-order valence-electron chi connectivity index (χ3n) is 1.12. The molecule has 0 aromatic rings. The number of carbonyl (C=O) groups excluding carboxylic acids is 1. The molecule has 0 atom stereocenters. The first kappa shape index (κ1) is 9.90. The summed E-state index contributed by atoms with van der Waals surface area (Å²) in [4.78, 5) is 20.2. The fraction of sp³-hybridized carbons (Fsp3) is 0.667. The maximum Gasteiger partial charge on any atom is 0.359 e. The van der Waals surface area contributed by atoms with Gasteiger partial charge in [0.2, 0.25) is 0 Å². The lowest BCUT2D eigenvalue weighted by Crippen LogP contribution is -2.50. The number of nitrogens with zero attached hydrogens (tertiary/aromatic N) is 1. The Morgan fingerprint density at radius 1 is 1.36 bits per heavy atom. The van der Waals surface area contributed by atoms with E-state index in [1.54, 1.807) is 0 Å². The molecule has 0 fully saturated rings. The van der Waals surface area contributed by atoms with E-state index in [4.69, 9.17) is 5.11 Å². The molecular formula is C6H11NO4. The highest BCUT2D eigenvalue weighted by molar-refractivity contribution is 5.69. The first-order chi connectivity index (χ1) is 4.83. The smallest absolute Gasteiger partial charge is 0.359 e. The first-order valence-electron chi connectivity index (χ1n) is 3.07. The fourth-order valence-electron chi connectivity index (χ4n) is 0.772. The molecule has 0 aliphatic heterocycles. The van der Waals surface area contributed by atoms with Crippen LogP contribution < -0.4 is 5.11 Å². The number of carboxylic acids is 2. The van der Waals surface area contributed by atoms with Crippen molar-refractivity contribution in [3.8, 4) is 0 Å². The zero-order valence-corrected chi connectivity index (χ0v) is 6.53. The summed E-state index contributed by atoms with van der Waals surface area (Å²) in [7, 11) is 3.04. The second kappa shape index (κ2) is 3.34. The molecule has 0 amide bonds. The highest BCUT2D eigenvalue weighted by Crippen LogP contribution is 1.93. The molecule has 0 aliphatic carbocycles. The quantitative estimate of drug-likeness (QED) is 0.479. The van der Waals surface area contributed by atoms with Crippen LogP contribution in [0.5, 0.6) is 0 Å². The molecule has 0 rings (SSSR count). The van der Waals surface area contributed by atoms with E-state index in [-0.39, 0.29) is 17.6 Å². The molecule has 11 heavy (non-hydrogen) atoms. The van der Waals surface area contributed by atoms with Crippen LogP contribution in [-0.4, -0.2) is 48.7 Å². The molecule has 0 saturated heterocycles. The van der Waals surface area contributed by atoms with Crippen molar-refractivity contribution in [1.82, 2.24) is 0 Å². The van der Waals surface area contributed by atoms with E-state index in [0.717, 1.165) is 0 Å². The van der Waals surface area contributed by atoms with Crippen molar-refractivity contribution in [3.05, 3.63) is 0 Å². The van der Waals surface area contributed by atoms with Gasteiger partial charge in [0, 0.05) is 0 Å². The second-order valence-corrected chi connectivity index (χ2v) is 3.02. The molecule has 0 radical (unpaired) electrons. The number of aliphatic carboxylic acids is 2. The van der Waals surface area contributed by atoms with E-state index in [9.17, 15) is 14.7 Å². The Labute approximate surface area is 64.4 Å². The summed E-state index contributed by atoms with van der Waals surface area (Å²) in [5.74, 6) is -2.26. The molecule has 0 saturated carbocycles. The second-order valence-electron chi connectivity index (χ2n) is 3.02. The first-order valence-corrected chi connectivity index (χ1v) is 3.07. The summed E-state index contributed by atoms with van der Waals surface area (Å²) in [6.45, 7) is -0.500. The number of likely N-dealkylation sites (N-methyl/N-ethyl adjacent to an activating group) is 1. The Hall–Kier alpha value is -1.10. The molecule has 5 heteroatoms. The highest BCUT2D eigenvalue weighted by atomic mass is 16.4. The largest absolute Gasteiger partial charge is 0.544 e. The van der Waals surface area contributed by atoms with Gasteiger partial charge in [0.05, 0.1) is 20.1 Å². The van der Waals surface area contributed by atoms with Crippen molar-refractivity contribution in [3.63, 3.8) is 0 Å². The van der Waals surface area contributed by atoms with Gasteiger partial charge in [0.1, 0.15) is 6.54 Å². The van der Waals surface area contributed by atoms with E-state index in [0.29, 0.717) is 0 Å². The van der Waals surface area contributed by atoms with Crippen LogP contribution in [-0.2, 0) is 9.59 Å². The fourth-order valence-corrected chi connectivity index (χ4v) is 0.772. The van der Waals surface area contributed by atoms with Crippen LogP contribution in [0.25, 0.3) is 0 Å². The lowest BCUT2D eigenvalue weighted by atomic mass is 10.4. The number of carboxylic acid groups (broad SMARTS) is 2. The topological polar surface area (TPSA) is 77.4 Å². The summed E-state index contributed by atoms with van der Waals surface area (Å²) in [6.07, 6.45) is 0. The molecule has 0 aromatic heterocycles. The van der Waals surface area contributed by atoms with Crippen molar-refractivity contribution in [1.29, 1.82) is 0 Å². The normalized spacial score (nSPS) is 11.1. The third kappa shape index (κ3) is 5.35. The lowest BCUT2D eigenvalue weighted by Gasteiger charge is -2.27. The van der Waals surface area contributed by atoms with Crippen LogP contribution >= 0.6 is 0 Å². The van der Waals surface area contributed by atoms with E-state index in [1.807, 2.05) is 0 Å². The third-order valence-corrected chi connectivity index (χ3v) is 1.12. The molecule has 0 heterocycles. The Morgan fingerprint density at radius 3 is 2.09 bits per heavy atom. The number of hydrogen-bond donors (Lipinski definition) is 1. The average molecular weight is 161 g/mol. The minimum absolute atomic E-state index is 0.0995. The molecule has 1 N–H and O–H groups in total. The molecule has 0 aromatic carbocycles. The summed E-state index contributed by atoms with van der Waals surface area (Å²) in [6, 6.07) is 0. The van der Waals surface area contributed by atoms with Crippen LogP contribution in [0, 0.1) is 0 Å². The molecule has 0 unspecified atom stereocenters. The summed E-state index contributed by atoms with van der Waals surface area (Å²) >= 11 is 0. The predicted octanol–water partition coefficient (Wildman–Crippen LogP) is -2.10. The summed E-state index contributed by atoms with van der Waals surface area (Å²) in [5.41, 5.74) is 0.